The van der Waals surface area contributed by atoms with Crippen molar-refractivity contribution in [3.8, 4) is 0 Å². The second kappa shape index (κ2) is 7.30. The highest BCUT2D eigenvalue weighted by atomic mass is 16.5. The molecule has 0 aromatic heterocycles. The van der Waals surface area contributed by atoms with Gasteiger partial charge in [-0.25, -0.2) is 0 Å². The van der Waals surface area contributed by atoms with Gasteiger partial charge in [0.05, 0.1) is 14.2 Å². The Bertz CT molecular complexity index is 238. The summed E-state index contributed by atoms with van der Waals surface area (Å²) in [5.74, 6) is -1.57. The van der Waals surface area contributed by atoms with Crippen molar-refractivity contribution in [3.63, 3.8) is 0 Å². The Morgan fingerprint density at radius 1 is 0.882 bits per heavy atom. The van der Waals surface area contributed by atoms with Crippen LogP contribution in [0, 0.1) is 11.8 Å². The van der Waals surface area contributed by atoms with E-state index in [1.165, 1.54) is 33.5 Å². The SMILES string of the molecule is COC(=O)C(C(=O)OC)C1CCCCCCC1. The average Bonchev–Trinajstić information content (AvgIpc) is 2.31. The van der Waals surface area contributed by atoms with E-state index in [1.807, 2.05) is 0 Å². The van der Waals surface area contributed by atoms with E-state index in [9.17, 15) is 9.59 Å². The van der Waals surface area contributed by atoms with Gasteiger partial charge in [-0.1, -0.05) is 32.1 Å². The second-order valence-electron chi connectivity index (χ2n) is 4.63. The Morgan fingerprint density at radius 3 is 1.71 bits per heavy atom. The van der Waals surface area contributed by atoms with Gasteiger partial charge in [-0.3, -0.25) is 9.59 Å². The summed E-state index contributed by atoms with van der Waals surface area (Å²) in [6.45, 7) is 0. The predicted molar refractivity (Wildman–Crippen MR) is 63.3 cm³/mol. The molecule has 0 spiro atoms. The minimum atomic E-state index is -0.733. The molecule has 0 heterocycles. The molecular formula is C13H22O4. The number of methoxy groups -OCH3 is 2. The molecule has 0 N–H and O–H groups in total. The van der Waals surface area contributed by atoms with Gasteiger partial charge in [0, 0.05) is 0 Å². The molecule has 1 rings (SSSR count). The van der Waals surface area contributed by atoms with Crippen molar-refractivity contribution in [1.82, 2.24) is 0 Å². The van der Waals surface area contributed by atoms with E-state index in [4.69, 9.17) is 9.47 Å². The van der Waals surface area contributed by atoms with Crippen molar-refractivity contribution in [2.45, 2.75) is 44.9 Å². The Balaban J connectivity index is 2.72. The molecule has 4 heteroatoms. The number of carbonyl (C=O) groups excluding carboxylic acids is 2. The number of carbonyl (C=O) groups is 2. The molecule has 0 aromatic rings. The summed E-state index contributed by atoms with van der Waals surface area (Å²) in [5.41, 5.74) is 0. The molecule has 0 radical (unpaired) electrons. The molecule has 1 saturated carbocycles. The minimum absolute atomic E-state index is 0.0789. The van der Waals surface area contributed by atoms with Crippen LogP contribution in [0.3, 0.4) is 0 Å². The van der Waals surface area contributed by atoms with Gasteiger partial charge in [-0.05, 0) is 18.8 Å². The number of esters is 2. The first-order valence-electron chi connectivity index (χ1n) is 6.36. The Labute approximate surface area is 103 Å². The number of hydrogen-bond acceptors (Lipinski definition) is 4. The maximum atomic E-state index is 11.7. The fourth-order valence-electron chi connectivity index (χ4n) is 2.56. The summed E-state index contributed by atoms with van der Waals surface area (Å²) in [6, 6.07) is 0. The van der Waals surface area contributed by atoms with Gasteiger partial charge >= 0.3 is 11.9 Å². The lowest BCUT2D eigenvalue weighted by Crippen LogP contribution is -2.33. The third-order valence-corrected chi connectivity index (χ3v) is 3.53. The highest BCUT2D eigenvalue weighted by molar-refractivity contribution is 5.95. The standard InChI is InChI=1S/C13H22O4/c1-16-12(14)11(13(15)17-2)10-8-6-4-3-5-7-9-10/h10-11H,3-9H2,1-2H3. The summed E-state index contributed by atoms with van der Waals surface area (Å²) < 4.78 is 9.44. The van der Waals surface area contributed by atoms with Gasteiger partial charge in [0.2, 0.25) is 0 Å². The van der Waals surface area contributed by atoms with Gasteiger partial charge in [-0.2, -0.15) is 0 Å². The van der Waals surface area contributed by atoms with E-state index < -0.39 is 17.9 Å². The van der Waals surface area contributed by atoms with Crippen LogP contribution in [0.25, 0.3) is 0 Å². The maximum Gasteiger partial charge on any atom is 0.320 e. The van der Waals surface area contributed by atoms with Crippen LogP contribution < -0.4 is 0 Å². The van der Waals surface area contributed by atoms with Crippen LogP contribution in [0.1, 0.15) is 44.9 Å². The van der Waals surface area contributed by atoms with Crippen LogP contribution in [0.2, 0.25) is 0 Å². The van der Waals surface area contributed by atoms with Crippen molar-refractivity contribution in [1.29, 1.82) is 0 Å². The molecule has 0 aromatic carbocycles. The van der Waals surface area contributed by atoms with E-state index in [0.717, 1.165) is 25.7 Å². The summed E-state index contributed by atoms with van der Waals surface area (Å²) in [7, 11) is 2.64. The van der Waals surface area contributed by atoms with Gasteiger partial charge in [0.25, 0.3) is 0 Å². The molecule has 1 aliphatic carbocycles. The minimum Gasteiger partial charge on any atom is -0.468 e. The van der Waals surface area contributed by atoms with Gasteiger partial charge in [-0.15, -0.1) is 0 Å². The third kappa shape index (κ3) is 4.02. The first kappa shape index (κ1) is 14.0. The molecule has 0 amide bonds. The summed E-state index contributed by atoms with van der Waals surface area (Å²) in [5, 5.41) is 0. The molecule has 0 saturated heterocycles. The van der Waals surface area contributed by atoms with Gasteiger partial charge < -0.3 is 9.47 Å². The summed E-state index contributed by atoms with van der Waals surface area (Å²) in [4.78, 5) is 23.4. The average molecular weight is 242 g/mol. The molecule has 0 bridgehead atoms. The molecule has 1 aliphatic rings. The van der Waals surface area contributed by atoms with Crippen LogP contribution >= 0.6 is 0 Å². The normalized spacial score (nSPS) is 18.3. The smallest absolute Gasteiger partial charge is 0.320 e. The highest BCUT2D eigenvalue weighted by Crippen LogP contribution is 2.29. The molecule has 0 atom stereocenters. The number of ether oxygens (including phenoxy) is 2. The van der Waals surface area contributed by atoms with Gasteiger partial charge in [0.1, 0.15) is 0 Å². The van der Waals surface area contributed by atoms with E-state index in [0.29, 0.717) is 0 Å². The molecule has 98 valence electrons. The topological polar surface area (TPSA) is 52.6 Å². The lowest BCUT2D eigenvalue weighted by molar-refractivity contribution is -0.162. The predicted octanol–water partition coefficient (Wildman–Crippen LogP) is 2.31. The van der Waals surface area contributed by atoms with Crippen LogP contribution in [0.15, 0.2) is 0 Å². The zero-order chi connectivity index (χ0) is 12.7. The molecular weight excluding hydrogens is 220 g/mol. The van der Waals surface area contributed by atoms with E-state index in [2.05, 4.69) is 0 Å². The monoisotopic (exact) mass is 242 g/mol. The quantitative estimate of drug-likeness (QED) is 0.563. The molecule has 0 aliphatic heterocycles. The second-order valence-corrected chi connectivity index (χ2v) is 4.63. The first-order valence-corrected chi connectivity index (χ1v) is 6.36. The molecule has 0 unspecified atom stereocenters. The van der Waals surface area contributed by atoms with E-state index in [1.54, 1.807) is 0 Å². The van der Waals surface area contributed by atoms with E-state index >= 15 is 0 Å². The van der Waals surface area contributed by atoms with Crippen LogP contribution in [0.5, 0.6) is 0 Å². The fourth-order valence-corrected chi connectivity index (χ4v) is 2.56. The van der Waals surface area contributed by atoms with Crippen molar-refractivity contribution in [2.24, 2.45) is 11.8 Å². The van der Waals surface area contributed by atoms with Crippen molar-refractivity contribution in [2.75, 3.05) is 14.2 Å². The number of rotatable bonds is 3. The molecule has 17 heavy (non-hydrogen) atoms. The van der Waals surface area contributed by atoms with Crippen LogP contribution in [-0.2, 0) is 19.1 Å². The zero-order valence-corrected chi connectivity index (χ0v) is 10.7. The Kier molecular flexibility index (Phi) is 6.01. The first-order chi connectivity index (χ1) is 8.20. The van der Waals surface area contributed by atoms with E-state index in [-0.39, 0.29) is 5.92 Å². The largest absolute Gasteiger partial charge is 0.468 e. The van der Waals surface area contributed by atoms with Crippen LogP contribution in [0.4, 0.5) is 0 Å². The fraction of sp³-hybridized carbons (Fsp3) is 0.846. The molecule has 1 fully saturated rings. The van der Waals surface area contributed by atoms with Gasteiger partial charge in [0.15, 0.2) is 5.92 Å². The lowest BCUT2D eigenvalue weighted by atomic mass is 9.82. The maximum absolute atomic E-state index is 11.7. The molecule has 4 nitrogen and oxygen atoms in total. The Hall–Kier alpha value is -1.06. The Morgan fingerprint density at radius 2 is 1.29 bits per heavy atom. The lowest BCUT2D eigenvalue weighted by Gasteiger charge is -2.24. The van der Waals surface area contributed by atoms with Crippen LogP contribution in [-0.4, -0.2) is 26.2 Å². The zero-order valence-electron chi connectivity index (χ0n) is 10.7. The summed E-state index contributed by atoms with van der Waals surface area (Å²) >= 11 is 0. The van der Waals surface area contributed by atoms with Crippen molar-refractivity contribution >= 4 is 11.9 Å². The van der Waals surface area contributed by atoms with Crippen molar-refractivity contribution in [3.05, 3.63) is 0 Å². The third-order valence-electron chi connectivity index (χ3n) is 3.53. The van der Waals surface area contributed by atoms with Crippen molar-refractivity contribution < 1.29 is 19.1 Å². The number of hydrogen-bond donors (Lipinski definition) is 0. The summed E-state index contributed by atoms with van der Waals surface area (Å²) in [6.07, 6.45) is 7.61. The highest BCUT2D eigenvalue weighted by Gasteiger charge is 2.36.